The van der Waals surface area contributed by atoms with Crippen LogP contribution in [0.25, 0.3) is 31.6 Å². The molecule has 0 saturated carbocycles. The summed E-state index contributed by atoms with van der Waals surface area (Å²) in [5.41, 5.74) is 4.19. The van der Waals surface area contributed by atoms with E-state index >= 15 is 0 Å². The van der Waals surface area contributed by atoms with Crippen LogP contribution in [0.5, 0.6) is 5.75 Å². The number of imide groups is 1. The lowest BCUT2D eigenvalue weighted by molar-refractivity contribution is -0.139. The lowest BCUT2D eigenvalue weighted by Crippen LogP contribution is -2.55. The molecule has 69 heavy (non-hydrogen) atoms. The van der Waals surface area contributed by atoms with Gasteiger partial charge in [0, 0.05) is 60.5 Å². The number of aliphatic carboxylic acids is 1. The van der Waals surface area contributed by atoms with Crippen LogP contribution in [-0.2, 0) is 30.2 Å². The number of aromatic nitrogens is 2. The Bertz CT molecular complexity index is 3240. The van der Waals surface area contributed by atoms with Crippen molar-refractivity contribution < 1.29 is 47.3 Å². The van der Waals surface area contributed by atoms with E-state index in [9.17, 15) is 37.5 Å². The molecule has 0 radical (unpaired) electrons. The van der Waals surface area contributed by atoms with Crippen LogP contribution in [0.15, 0.2) is 66.9 Å². The van der Waals surface area contributed by atoms with Crippen molar-refractivity contribution in [3.8, 4) is 16.2 Å². The Morgan fingerprint density at radius 3 is 2.51 bits per heavy atom. The molecule has 10 rings (SSSR count). The third kappa shape index (κ3) is 8.77. The van der Waals surface area contributed by atoms with Gasteiger partial charge < -0.3 is 25.2 Å². The number of pyridine rings is 1. The third-order valence-corrected chi connectivity index (χ3v) is 18.2. The number of benzene rings is 3. The van der Waals surface area contributed by atoms with Crippen LogP contribution in [0.4, 0.5) is 16.5 Å². The highest BCUT2D eigenvalue weighted by Crippen LogP contribution is 2.47. The van der Waals surface area contributed by atoms with Gasteiger partial charge in [0.1, 0.15) is 21.4 Å². The number of hydrogen-bond acceptors (Lipinski definition) is 14. The van der Waals surface area contributed by atoms with E-state index in [1.54, 1.807) is 33.6 Å². The number of carbonyl (C=O) groups excluding carboxylic acids is 3. The topological polar surface area (TPSA) is 229 Å². The van der Waals surface area contributed by atoms with Crippen molar-refractivity contribution in [1.82, 2.24) is 19.6 Å². The molecule has 4 N–H and O–H groups in total. The smallest absolute Gasteiger partial charge is 0.349 e. The number of nitrogens with zero attached hydrogens (tertiary/aromatic N) is 5. The summed E-state index contributed by atoms with van der Waals surface area (Å²) in [4.78, 5) is 75.7. The van der Waals surface area contributed by atoms with Gasteiger partial charge in [0.15, 0.2) is 22.4 Å². The molecule has 2 atom stereocenters. The number of ether oxygens (including phenoxy) is 1. The molecule has 3 saturated heterocycles. The van der Waals surface area contributed by atoms with E-state index in [-0.39, 0.29) is 64.6 Å². The maximum absolute atomic E-state index is 14.1. The van der Waals surface area contributed by atoms with Gasteiger partial charge >= 0.3 is 11.9 Å². The van der Waals surface area contributed by atoms with Gasteiger partial charge in [-0.2, -0.15) is 4.31 Å². The summed E-state index contributed by atoms with van der Waals surface area (Å²) in [5, 5.41) is 27.4. The van der Waals surface area contributed by atoms with Gasteiger partial charge in [0.2, 0.25) is 21.8 Å². The van der Waals surface area contributed by atoms with Crippen LogP contribution in [0, 0.1) is 0 Å². The van der Waals surface area contributed by atoms with Crippen LogP contribution in [0.1, 0.15) is 89.4 Å². The second kappa shape index (κ2) is 18.0. The zero-order valence-electron chi connectivity index (χ0n) is 37.4. The number of carboxylic acid groups (broad SMARTS) is 2. The van der Waals surface area contributed by atoms with Crippen molar-refractivity contribution in [2.45, 2.75) is 81.7 Å². The molecule has 3 fully saturated rings. The first kappa shape index (κ1) is 46.5. The molecule has 2 unspecified atom stereocenters. The largest absolute Gasteiger partial charge is 0.479 e. The van der Waals surface area contributed by atoms with Crippen LogP contribution < -0.4 is 25.2 Å². The molecule has 6 aromatic rings. The number of carbonyl (C=O) groups is 5. The average molecular weight is 1010 g/mol. The summed E-state index contributed by atoms with van der Waals surface area (Å²) in [6, 6.07) is 18.0. The molecule has 17 nitrogen and oxygen atoms in total. The van der Waals surface area contributed by atoms with E-state index in [1.807, 2.05) is 50.2 Å². The standard InChI is InChI=1S/C48H46ClN7O10S3/c1-48(2)21-29(51-28-6-3-5-27(20-28)41-39(49)40(66-23-37(58)59)42(67-41)46(62)63)15-18-55(48)69(64,65)24-25-19-33-44(50-22-25)68-47(52-33)54-16-13-26(14-17-54)30-9-10-34-38-31(30)7-4-8-32(38)45(61)56(34)35-11-12-36(57)53-43(35)60/h3-10,19-20,22,26,29,35,51H,11-18,21,23-24H2,1-2H3,(H,58,59)(H,62,63)(H,53,57,60). The lowest BCUT2D eigenvalue weighted by atomic mass is 9.85. The molecule has 4 aliphatic rings. The van der Waals surface area contributed by atoms with E-state index in [2.05, 4.69) is 26.6 Å². The molecule has 4 aliphatic heterocycles. The van der Waals surface area contributed by atoms with Crippen molar-refractivity contribution in [3.63, 3.8) is 0 Å². The summed E-state index contributed by atoms with van der Waals surface area (Å²) in [6.45, 7) is 4.84. The SMILES string of the molecule is CC1(C)CC(Nc2cccc(-c3sc(C(=O)O)c(OCC(=O)O)c3Cl)c2)CCN1S(=O)(=O)Cc1cnc2sc(N3CCC(c4ccc5c6c(cccc46)C(=O)N5C4CCC(=O)NC4=O)CC3)nc2c1. The predicted molar refractivity (Wildman–Crippen MR) is 263 cm³/mol. The fourth-order valence-electron chi connectivity index (χ4n) is 10.4. The Balaban J connectivity index is 0.778. The molecule has 358 valence electrons. The molecule has 7 heterocycles. The van der Waals surface area contributed by atoms with E-state index in [0.29, 0.717) is 45.6 Å². The van der Waals surface area contributed by atoms with E-state index in [1.165, 1.54) is 11.3 Å². The highest BCUT2D eigenvalue weighted by molar-refractivity contribution is 7.88. The van der Waals surface area contributed by atoms with Crippen molar-refractivity contribution in [2.24, 2.45) is 0 Å². The summed E-state index contributed by atoms with van der Waals surface area (Å²) >= 11 is 8.90. The number of rotatable bonds is 13. The number of sulfonamides is 1. The fraction of sp³-hybridized carbons (Fsp3) is 0.354. The number of thiophene rings is 1. The highest BCUT2D eigenvalue weighted by atomic mass is 35.5. The second-order valence-corrected chi connectivity index (χ2v) is 22.7. The third-order valence-electron chi connectivity index (χ3n) is 13.4. The number of carboxylic acids is 2. The summed E-state index contributed by atoms with van der Waals surface area (Å²) in [6.07, 6.45) is 4.79. The van der Waals surface area contributed by atoms with Gasteiger partial charge in [-0.25, -0.2) is 28.0 Å². The maximum Gasteiger partial charge on any atom is 0.349 e. The number of thiazole rings is 1. The highest BCUT2D eigenvalue weighted by Gasteiger charge is 2.43. The quantitative estimate of drug-likeness (QED) is 0.0813. The normalized spacial score (nSPS) is 19.9. The molecular weight excluding hydrogens is 966 g/mol. The van der Waals surface area contributed by atoms with Crippen LogP contribution >= 0.6 is 34.3 Å². The Morgan fingerprint density at radius 1 is 0.986 bits per heavy atom. The van der Waals surface area contributed by atoms with Crippen molar-refractivity contribution >= 4 is 112 Å². The monoisotopic (exact) mass is 1010 g/mol. The summed E-state index contributed by atoms with van der Waals surface area (Å²) in [5.74, 6) is -3.77. The fourth-order valence-corrected chi connectivity index (χ4v) is 14.6. The Morgan fingerprint density at radius 2 is 1.77 bits per heavy atom. The number of piperidine rings is 3. The molecule has 21 heteroatoms. The summed E-state index contributed by atoms with van der Waals surface area (Å²) < 4.78 is 35.1. The maximum atomic E-state index is 14.1. The predicted octanol–water partition coefficient (Wildman–Crippen LogP) is 7.72. The zero-order chi connectivity index (χ0) is 48.5. The van der Waals surface area contributed by atoms with Crippen LogP contribution in [0.2, 0.25) is 5.02 Å². The summed E-state index contributed by atoms with van der Waals surface area (Å²) in [7, 11) is -3.79. The van der Waals surface area contributed by atoms with Crippen LogP contribution in [0.3, 0.4) is 0 Å². The number of aromatic carboxylic acids is 1. The van der Waals surface area contributed by atoms with Crippen molar-refractivity contribution in [3.05, 3.63) is 93.5 Å². The van der Waals surface area contributed by atoms with E-state index in [4.69, 9.17) is 26.4 Å². The number of anilines is 3. The molecule has 3 aromatic carbocycles. The van der Waals surface area contributed by atoms with Gasteiger partial charge in [-0.05, 0) is 104 Å². The molecule has 0 bridgehead atoms. The van der Waals surface area contributed by atoms with Crippen molar-refractivity contribution in [1.29, 1.82) is 0 Å². The first-order valence-corrected chi connectivity index (χ1v) is 26.1. The number of fused-ring (bicyclic) bond motifs is 1. The number of hydrogen-bond donors (Lipinski definition) is 4. The molecular formula is C48H46ClN7O10S3. The van der Waals surface area contributed by atoms with Gasteiger partial charge in [0.05, 0.1) is 16.3 Å². The van der Waals surface area contributed by atoms with Gasteiger partial charge in [-0.15, -0.1) is 11.3 Å². The molecule has 3 amide bonds. The number of nitrogens with one attached hydrogen (secondary N) is 2. The Labute approximate surface area is 409 Å². The Hall–Kier alpha value is -6.19. The van der Waals surface area contributed by atoms with E-state index in [0.717, 1.165) is 69.3 Å². The molecule has 0 aliphatic carbocycles. The first-order valence-electron chi connectivity index (χ1n) is 22.5. The minimum atomic E-state index is -3.79. The van der Waals surface area contributed by atoms with Crippen LogP contribution in [-0.4, -0.2) is 106 Å². The number of amides is 3. The van der Waals surface area contributed by atoms with Gasteiger partial charge in [-0.3, -0.25) is 24.6 Å². The minimum absolute atomic E-state index is 0.00739. The zero-order valence-corrected chi connectivity index (χ0v) is 40.6. The lowest BCUT2D eigenvalue weighted by Gasteiger charge is -2.44. The number of halogens is 1. The first-order chi connectivity index (χ1) is 33.0. The van der Waals surface area contributed by atoms with Gasteiger partial charge in [0.25, 0.3) is 5.91 Å². The van der Waals surface area contributed by atoms with E-state index < -0.39 is 46.1 Å². The Kier molecular flexibility index (Phi) is 12.1. The molecule has 0 spiro atoms. The minimum Gasteiger partial charge on any atom is -0.479 e. The second-order valence-electron chi connectivity index (χ2n) is 18.4. The average Bonchev–Trinajstić information content (AvgIpc) is 3.97. The van der Waals surface area contributed by atoms with Crippen molar-refractivity contribution in [2.75, 3.05) is 41.4 Å². The molecule has 3 aromatic heterocycles. The van der Waals surface area contributed by atoms with Gasteiger partial charge in [-0.1, -0.05) is 53.3 Å².